The van der Waals surface area contributed by atoms with E-state index in [4.69, 9.17) is 4.74 Å². The number of carbonyl (C=O) groups excluding carboxylic acids is 1. The molecule has 5 unspecified atom stereocenters. The van der Waals surface area contributed by atoms with Crippen molar-refractivity contribution in [2.45, 2.75) is 58.8 Å². The Morgan fingerprint density at radius 1 is 1.42 bits per heavy atom. The van der Waals surface area contributed by atoms with Crippen LogP contribution in [0.3, 0.4) is 0 Å². The molecular weight excluding hydrogens is 300 g/mol. The third kappa shape index (κ3) is 2.65. The van der Waals surface area contributed by atoms with E-state index in [0.717, 1.165) is 12.8 Å². The highest BCUT2D eigenvalue weighted by Gasteiger charge is 2.58. The Hall–Kier alpha value is -1.09. The minimum Gasteiger partial charge on any atom is -0.469 e. The Morgan fingerprint density at radius 2 is 2.17 bits per heavy atom. The van der Waals surface area contributed by atoms with Crippen LogP contribution < -0.4 is 0 Å². The fourth-order valence-corrected chi connectivity index (χ4v) is 6.45. The second kappa shape index (κ2) is 6.33. The first-order chi connectivity index (χ1) is 11.4. The molecule has 1 spiro atoms. The maximum Gasteiger partial charge on any atom is 0.305 e. The normalized spacial score (nSPS) is 40.7. The van der Waals surface area contributed by atoms with Crippen molar-refractivity contribution in [3.63, 3.8) is 0 Å². The minimum atomic E-state index is -0.108. The van der Waals surface area contributed by atoms with E-state index in [1.54, 1.807) is 0 Å². The van der Waals surface area contributed by atoms with E-state index in [1.807, 2.05) is 0 Å². The number of hydrogen-bond donors (Lipinski definition) is 1. The van der Waals surface area contributed by atoms with Gasteiger partial charge in [0.25, 0.3) is 0 Å². The quantitative estimate of drug-likeness (QED) is 0.604. The third-order valence-corrected chi connectivity index (χ3v) is 7.48. The van der Waals surface area contributed by atoms with Crippen molar-refractivity contribution in [3.8, 4) is 0 Å². The van der Waals surface area contributed by atoms with Gasteiger partial charge in [-0.15, -0.1) is 0 Å². The summed E-state index contributed by atoms with van der Waals surface area (Å²) in [5, 5.41) is 9.73. The molecule has 2 bridgehead atoms. The van der Waals surface area contributed by atoms with Crippen LogP contribution in [0.15, 0.2) is 23.8 Å². The summed E-state index contributed by atoms with van der Waals surface area (Å²) < 4.78 is 4.91. The fourth-order valence-electron chi connectivity index (χ4n) is 6.45. The van der Waals surface area contributed by atoms with Crippen molar-refractivity contribution >= 4 is 5.97 Å². The molecule has 3 heteroatoms. The molecule has 5 atom stereocenters. The average Bonchev–Trinajstić information content (AvgIpc) is 2.83. The van der Waals surface area contributed by atoms with E-state index >= 15 is 0 Å². The van der Waals surface area contributed by atoms with Gasteiger partial charge in [0.1, 0.15) is 0 Å². The van der Waals surface area contributed by atoms with Gasteiger partial charge >= 0.3 is 5.97 Å². The summed E-state index contributed by atoms with van der Waals surface area (Å²) in [6, 6.07) is 0. The highest BCUT2D eigenvalue weighted by Crippen LogP contribution is 2.67. The average molecular weight is 332 g/mol. The Morgan fingerprint density at radius 3 is 2.79 bits per heavy atom. The molecule has 1 N–H and O–H groups in total. The standard InChI is InChI=1S/C21H32O3/c1-14(2)17-7-10-21-11-15(16(12-21)13-22)5-6-18(21)20(17,3)9-8-19(23)24-4/h12,15,17-18,22H,1,5-11,13H2,2-4H3. The van der Waals surface area contributed by atoms with Crippen molar-refractivity contribution in [1.82, 2.24) is 0 Å². The van der Waals surface area contributed by atoms with Crippen molar-refractivity contribution in [2.75, 3.05) is 13.7 Å². The smallest absolute Gasteiger partial charge is 0.305 e. The van der Waals surface area contributed by atoms with E-state index in [-0.39, 0.29) is 23.4 Å². The van der Waals surface area contributed by atoms with Gasteiger partial charge in [-0.2, -0.15) is 0 Å². The van der Waals surface area contributed by atoms with Crippen LogP contribution in [0.4, 0.5) is 0 Å². The van der Waals surface area contributed by atoms with Gasteiger partial charge in [0.05, 0.1) is 13.7 Å². The van der Waals surface area contributed by atoms with Gasteiger partial charge in [0.15, 0.2) is 0 Å². The molecule has 2 fully saturated rings. The molecule has 0 aliphatic heterocycles. The topological polar surface area (TPSA) is 46.5 Å². The van der Waals surface area contributed by atoms with E-state index in [2.05, 4.69) is 26.5 Å². The number of methoxy groups -OCH3 is 1. The summed E-state index contributed by atoms with van der Waals surface area (Å²) in [5.74, 6) is 1.52. The molecule has 24 heavy (non-hydrogen) atoms. The van der Waals surface area contributed by atoms with Gasteiger partial charge in [-0.3, -0.25) is 4.79 Å². The SMILES string of the molecule is C=C(C)C1CCC23C=C(CO)C(CCC2C1(C)CCC(=O)OC)C3. The zero-order chi connectivity index (χ0) is 17.5. The lowest BCUT2D eigenvalue weighted by Crippen LogP contribution is -2.50. The lowest BCUT2D eigenvalue weighted by atomic mass is 9.46. The second-order valence-corrected chi connectivity index (χ2v) is 8.66. The molecule has 2 saturated carbocycles. The van der Waals surface area contributed by atoms with Crippen molar-refractivity contribution in [2.24, 2.45) is 28.6 Å². The molecule has 0 aromatic heterocycles. The number of aliphatic hydroxyl groups is 1. The largest absolute Gasteiger partial charge is 0.469 e. The highest BCUT2D eigenvalue weighted by atomic mass is 16.5. The molecule has 0 amide bonds. The molecule has 3 nitrogen and oxygen atoms in total. The van der Waals surface area contributed by atoms with E-state index < -0.39 is 0 Å². The molecule has 0 aromatic carbocycles. The van der Waals surface area contributed by atoms with Crippen LogP contribution >= 0.6 is 0 Å². The maximum atomic E-state index is 11.8. The van der Waals surface area contributed by atoms with E-state index in [9.17, 15) is 9.90 Å². The summed E-state index contributed by atoms with van der Waals surface area (Å²) in [7, 11) is 1.47. The lowest BCUT2D eigenvalue weighted by molar-refractivity contribution is -0.143. The molecular formula is C21H32O3. The van der Waals surface area contributed by atoms with Crippen molar-refractivity contribution in [3.05, 3.63) is 23.8 Å². The number of ether oxygens (including phenoxy) is 1. The Balaban J connectivity index is 1.94. The van der Waals surface area contributed by atoms with E-state index in [0.29, 0.717) is 24.2 Å². The summed E-state index contributed by atoms with van der Waals surface area (Å²) in [6.45, 7) is 9.02. The molecule has 0 radical (unpaired) electrons. The number of rotatable bonds is 5. The third-order valence-electron chi connectivity index (χ3n) is 7.48. The number of allylic oxidation sites excluding steroid dienone is 2. The Labute approximate surface area is 146 Å². The number of esters is 1. The van der Waals surface area contributed by atoms with Gasteiger partial charge in [-0.1, -0.05) is 25.2 Å². The van der Waals surface area contributed by atoms with Crippen LogP contribution in [-0.2, 0) is 9.53 Å². The van der Waals surface area contributed by atoms with Crippen LogP contribution in [0.2, 0.25) is 0 Å². The minimum absolute atomic E-state index is 0.0879. The summed E-state index contributed by atoms with van der Waals surface area (Å²) in [6.07, 6.45) is 9.71. The lowest BCUT2D eigenvalue weighted by Gasteiger charge is -2.58. The number of hydrogen-bond acceptors (Lipinski definition) is 3. The zero-order valence-corrected chi connectivity index (χ0v) is 15.4. The van der Waals surface area contributed by atoms with Crippen molar-refractivity contribution in [1.29, 1.82) is 0 Å². The first kappa shape index (κ1) is 17.7. The Kier molecular flexibility index (Phi) is 4.67. The number of fused-ring (bicyclic) bond motifs is 1. The summed E-state index contributed by atoms with van der Waals surface area (Å²) in [5.41, 5.74) is 2.84. The molecule has 0 aromatic rings. The highest BCUT2D eigenvalue weighted by molar-refractivity contribution is 5.69. The predicted octanol–water partition coefficient (Wildman–Crippen LogP) is 4.27. The molecule has 3 rings (SSSR count). The number of carbonyl (C=O) groups is 1. The van der Waals surface area contributed by atoms with Gasteiger partial charge in [0, 0.05) is 6.42 Å². The monoisotopic (exact) mass is 332 g/mol. The van der Waals surface area contributed by atoms with Crippen LogP contribution in [0.25, 0.3) is 0 Å². The maximum absolute atomic E-state index is 11.8. The Bertz CT molecular complexity index is 563. The van der Waals surface area contributed by atoms with Crippen LogP contribution in [0.5, 0.6) is 0 Å². The molecule has 134 valence electrons. The molecule has 3 aliphatic carbocycles. The first-order valence-electron chi connectivity index (χ1n) is 9.41. The molecule has 0 saturated heterocycles. The van der Waals surface area contributed by atoms with Crippen LogP contribution in [-0.4, -0.2) is 24.8 Å². The fraction of sp³-hybridized carbons (Fsp3) is 0.762. The van der Waals surface area contributed by atoms with Gasteiger partial charge in [-0.25, -0.2) is 0 Å². The van der Waals surface area contributed by atoms with E-state index in [1.165, 1.54) is 43.9 Å². The van der Waals surface area contributed by atoms with Crippen LogP contribution in [0, 0.1) is 28.6 Å². The van der Waals surface area contributed by atoms with Gasteiger partial charge in [-0.05, 0) is 79.6 Å². The first-order valence-corrected chi connectivity index (χ1v) is 9.41. The van der Waals surface area contributed by atoms with Crippen LogP contribution in [0.1, 0.15) is 58.8 Å². The van der Waals surface area contributed by atoms with Gasteiger partial charge < -0.3 is 9.84 Å². The predicted molar refractivity (Wildman–Crippen MR) is 95.3 cm³/mol. The summed E-state index contributed by atoms with van der Waals surface area (Å²) >= 11 is 0. The number of aliphatic hydroxyl groups excluding tert-OH is 1. The van der Waals surface area contributed by atoms with Crippen molar-refractivity contribution < 1.29 is 14.6 Å². The molecule has 3 aliphatic rings. The van der Waals surface area contributed by atoms with Gasteiger partial charge in [0.2, 0.25) is 0 Å². The molecule has 0 heterocycles. The second-order valence-electron chi connectivity index (χ2n) is 8.66. The summed E-state index contributed by atoms with van der Waals surface area (Å²) in [4.78, 5) is 11.8. The zero-order valence-electron chi connectivity index (χ0n) is 15.4.